The van der Waals surface area contributed by atoms with Gasteiger partial charge >= 0.3 is 0 Å². The number of hydrogen-bond acceptors (Lipinski definition) is 3. The van der Waals surface area contributed by atoms with E-state index in [0.29, 0.717) is 16.4 Å². The van der Waals surface area contributed by atoms with Gasteiger partial charge in [0.15, 0.2) is 0 Å². The summed E-state index contributed by atoms with van der Waals surface area (Å²) in [5.41, 5.74) is 1.66. The van der Waals surface area contributed by atoms with Crippen molar-refractivity contribution in [2.45, 2.75) is 13.3 Å². The summed E-state index contributed by atoms with van der Waals surface area (Å²) < 4.78 is 38.1. The van der Waals surface area contributed by atoms with Gasteiger partial charge in [-0.1, -0.05) is 17.7 Å². The molecule has 0 fully saturated rings. The molecule has 0 bridgehead atoms. The van der Waals surface area contributed by atoms with Crippen LogP contribution in [0.2, 0.25) is 5.02 Å². The standard InChI is InChI=1S/C17H18ClFN2O3S/c1-12-3-8-15(11-16(12)18)21(25(2,23)24)10-9-17(22)20-14-6-4-13(19)5-7-14/h3-8,11H,9-10H2,1-2H3,(H,20,22). The first-order valence-electron chi connectivity index (χ1n) is 7.46. The van der Waals surface area contributed by atoms with Gasteiger partial charge in [0.2, 0.25) is 15.9 Å². The molecule has 134 valence electrons. The number of nitrogens with one attached hydrogen (secondary N) is 1. The van der Waals surface area contributed by atoms with Crippen LogP contribution in [0.15, 0.2) is 42.5 Å². The molecule has 0 atom stereocenters. The van der Waals surface area contributed by atoms with Gasteiger partial charge in [0.25, 0.3) is 0 Å². The summed E-state index contributed by atoms with van der Waals surface area (Å²) in [4.78, 5) is 12.0. The first-order chi connectivity index (χ1) is 11.7. The molecule has 2 aromatic carbocycles. The van der Waals surface area contributed by atoms with Crippen molar-refractivity contribution in [2.75, 3.05) is 22.4 Å². The Bertz CT molecular complexity index is 870. The molecule has 2 aromatic rings. The normalized spacial score (nSPS) is 11.2. The van der Waals surface area contributed by atoms with Gasteiger partial charge in [-0.3, -0.25) is 9.10 Å². The third-order valence-corrected chi connectivity index (χ3v) is 5.11. The Labute approximate surface area is 151 Å². The van der Waals surface area contributed by atoms with E-state index in [1.807, 2.05) is 6.92 Å². The topological polar surface area (TPSA) is 66.5 Å². The van der Waals surface area contributed by atoms with Crippen LogP contribution in [0, 0.1) is 12.7 Å². The molecule has 0 aromatic heterocycles. The lowest BCUT2D eigenvalue weighted by Crippen LogP contribution is -2.33. The van der Waals surface area contributed by atoms with E-state index in [0.717, 1.165) is 16.1 Å². The molecule has 0 saturated heterocycles. The zero-order valence-electron chi connectivity index (χ0n) is 13.8. The van der Waals surface area contributed by atoms with Crippen LogP contribution in [0.25, 0.3) is 0 Å². The molecule has 0 heterocycles. The Balaban J connectivity index is 2.08. The van der Waals surface area contributed by atoms with Crippen molar-refractivity contribution in [1.29, 1.82) is 0 Å². The van der Waals surface area contributed by atoms with Gasteiger partial charge in [-0.2, -0.15) is 0 Å². The van der Waals surface area contributed by atoms with Crippen LogP contribution in [0.1, 0.15) is 12.0 Å². The molecule has 0 spiro atoms. The van der Waals surface area contributed by atoms with Crippen molar-refractivity contribution in [3.63, 3.8) is 0 Å². The fourth-order valence-corrected chi connectivity index (χ4v) is 3.28. The summed E-state index contributed by atoms with van der Waals surface area (Å²) in [7, 11) is -3.58. The minimum absolute atomic E-state index is 0.0365. The summed E-state index contributed by atoms with van der Waals surface area (Å²) in [5.74, 6) is -0.782. The molecular weight excluding hydrogens is 367 g/mol. The first-order valence-corrected chi connectivity index (χ1v) is 9.69. The number of nitrogens with zero attached hydrogens (tertiary/aromatic N) is 1. The van der Waals surface area contributed by atoms with Crippen molar-refractivity contribution in [3.8, 4) is 0 Å². The number of halogens is 2. The summed E-state index contributed by atoms with van der Waals surface area (Å²) in [6.45, 7) is 1.78. The van der Waals surface area contributed by atoms with Crippen LogP contribution in [0.3, 0.4) is 0 Å². The Morgan fingerprint density at radius 3 is 2.40 bits per heavy atom. The zero-order valence-corrected chi connectivity index (χ0v) is 15.4. The molecule has 0 saturated carbocycles. The Hall–Kier alpha value is -2.12. The number of amides is 1. The highest BCUT2D eigenvalue weighted by Crippen LogP contribution is 2.25. The van der Waals surface area contributed by atoms with E-state index in [2.05, 4.69) is 5.32 Å². The highest BCUT2D eigenvalue weighted by molar-refractivity contribution is 7.92. The first kappa shape index (κ1) is 19.2. The molecule has 1 N–H and O–H groups in total. The van der Waals surface area contributed by atoms with Crippen LogP contribution >= 0.6 is 11.6 Å². The molecule has 1 amide bonds. The maximum atomic E-state index is 12.9. The number of carbonyl (C=O) groups excluding carboxylic acids is 1. The van der Waals surface area contributed by atoms with Crippen LogP contribution in [-0.2, 0) is 14.8 Å². The number of anilines is 2. The van der Waals surface area contributed by atoms with E-state index in [9.17, 15) is 17.6 Å². The van der Waals surface area contributed by atoms with E-state index in [4.69, 9.17) is 11.6 Å². The lowest BCUT2D eigenvalue weighted by molar-refractivity contribution is -0.116. The molecule has 0 radical (unpaired) electrons. The number of benzene rings is 2. The molecular formula is C17H18ClFN2O3S. The molecule has 25 heavy (non-hydrogen) atoms. The quantitative estimate of drug-likeness (QED) is 0.827. The number of hydrogen-bond donors (Lipinski definition) is 1. The van der Waals surface area contributed by atoms with Gasteiger partial charge < -0.3 is 5.32 Å². The molecule has 0 aliphatic rings. The summed E-state index contributed by atoms with van der Waals surface area (Å²) in [5, 5.41) is 3.04. The Kier molecular flexibility index (Phi) is 6.02. The third kappa shape index (κ3) is 5.44. The van der Waals surface area contributed by atoms with E-state index in [-0.39, 0.29) is 18.9 Å². The van der Waals surface area contributed by atoms with E-state index in [1.54, 1.807) is 18.2 Å². The summed E-state index contributed by atoms with van der Waals surface area (Å²) in [6.07, 6.45) is 1.01. The number of aryl methyl sites for hydroxylation is 1. The maximum Gasteiger partial charge on any atom is 0.232 e. The second kappa shape index (κ2) is 7.84. The molecule has 0 aliphatic carbocycles. The van der Waals surface area contributed by atoms with Crippen molar-refractivity contribution < 1.29 is 17.6 Å². The zero-order chi connectivity index (χ0) is 18.6. The molecule has 8 heteroatoms. The van der Waals surface area contributed by atoms with E-state index in [1.165, 1.54) is 24.3 Å². The minimum Gasteiger partial charge on any atom is -0.326 e. The van der Waals surface area contributed by atoms with Gasteiger partial charge in [-0.05, 0) is 48.9 Å². The van der Waals surface area contributed by atoms with Gasteiger partial charge in [-0.15, -0.1) is 0 Å². The Morgan fingerprint density at radius 1 is 1.20 bits per heavy atom. The van der Waals surface area contributed by atoms with Crippen LogP contribution < -0.4 is 9.62 Å². The number of rotatable bonds is 6. The van der Waals surface area contributed by atoms with Crippen LogP contribution in [-0.4, -0.2) is 27.1 Å². The van der Waals surface area contributed by atoms with Gasteiger partial charge in [0.05, 0.1) is 11.9 Å². The van der Waals surface area contributed by atoms with Crippen molar-refractivity contribution in [1.82, 2.24) is 0 Å². The fraction of sp³-hybridized carbons (Fsp3) is 0.235. The molecule has 0 unspecified atom stereocenters. The molecule has 5 nitrogen and oxygen atoms in total. The fourth-order valence-electron chi connectivity index (χ4n) is 2.18. The second-order valence-electron chi connectivity index (χ2n) is 5.57. The average Bonchev–Trinajstić information content (AvgIpc) is 2.52. The molecule has 2 rings (SSSR count). The third-order valence-electron chi connectivity index (χ3n) is 3.51. The van der Waals surface area contributed by atoms with Gasteiger partial charge in [0, 0.05) is 23.7 Å². The van der Waals surface area contributed by atoms with Crippen molar-refractivity contribution >= 4 is 38.9 Å². The largest absolute Gasteiger partial charge is 0.326 e. The monoisotopic (exact) mass is 384 g/mol. The van der Waals surface area contributed by atoms with Crippen LogP contribution in [0.5, 0.6) is 0 Å². The lowest BCUT2D eigenvalue weighted by atomic mass is 10.2. The van der Waals surface area contributed by atoms with E-state index < -0.39 is 15.8 Å². The number of carbonyl (C=O) groups is 1. The minimum atomic E-state index is -3.58. The number of sulfonamides is 1. The Morgan fingerprint density at radius 2 is 1.84 bits per heavy atom. The van der Waals surface area contributed by atoms with Crippen molar-refractivity contribution in [3.05, 3.63) is 58.9 Å². The van der Waals surface area contributed by atoms with E-state index >= 15 is 0 Å². The predicted molar refractivity (Wildman–Crippen MR) is 98.0 cm³/mol. The SMILES string of the molecule is Cc1ccc(N(CCC(=O)Nc2ccc(F)cc2)S(C)(=O)=O)cc1Cl. The van der Waals surface area contributed by atoms with Crippen LogP contribution in [0.4, 0.5) is 15.8 Å². The predicted octanol–water partition coefficient (Wildman–Crippen LogP) is 3.58. The van der Waals surface area contributed by atoms with Gasteiger partial charge in [-0.25, -0.2) is 12.8 Å². The van der Waals surface area contributed by atoms with Crippen molar-refractivity contribution in [2.24, 2.45) is 0 Å². The maximum absolute atomic E-state index is 12.9. The summed E-state index contributed by atoms with van der Waals surface area (Å²) >= 11 is 6.06. The van der Waals surface area contributed by atoms with Gasteiger partial charge in [0.1, 0.15) is 5.82 Å². The summed E-state index contributed by atoms with van der Waals surface area (Å²) in [6, 6.07) is 10.2. The highest BCUT2D eigenvalue weighted by atomic mass is 35.5. The smallest absolute Gasteiger partial charge is 0.232 e. The lowest BCUT2D eigenvalue weighted by Gasteiger charge is -2.22. The second-order valence-corrected chi connectivity index (χ2v) is 7.89. The average molecular weight is 385 g/mol. The highest BCUT2D eigenvalue weighted by Gasteiger charge is 2.19. The molecule has 0 aliphatic heterocycles.